The fourth-order valence-electron chi connectivity index (χ4n) is 0.183. The summed E-state index contributed by atoms with van der Waals surface area (Å²) in [4.78, 5) is 18.9. The summed E-state index contributed by atoms with van der Waals surface area (Å²) in [6.45, 7) is -2.44. The van der Waals surface area contributed by atoms with E-state index in [0.717, 1.165) is 0 Å². The second-order valence-corrected chi connectivity index (χ2v) is 4.75. The number of carbonyl (C=O) groups is 1. The zero-order chi connectivity index (χ0) is 7.65. The monoisotopic (exact) mass is 169 g/mol. The van der Waals surface area contributed by atoms with E-state index in [1.807, 2.05) is 0 Å². The van der Waals surface area contributed by atoms with Crippen LogP contribution in [0.2, 0.25) is 0 Å². The van der Waals surface area contributed by atoms with E-state index in [2.05, 4.69) is 12.2 Å². The van der Waals surface area contributed by atoms with Crippen LogP contribution >= 0.6 is 19.0 Å². The van der Waals surface area contributed by atoms with Gasteiger partial charge in [0.25, 0.3) is 0 Å². The fraction of sp³-hybridized carbons (Fsp3) is 0.667. The van der Waals surface area contributed by atoms with Crippen molar-refractivity contribution in [3.8, 4) is 0 Å². The third kappa shape index (κ3) is 2.89. The summed E-state index contributed by atoms with van der Waals surface area (Å²) in [5.41, 5.74) is 0. The third-order valence-electron chi connectivity index (χ3n) is 0.847. The predicted molar refractivity (Wildman–Crippen MR) is 37.3 cm³/mol. The van der Waals surface area contributed by atoms with Gasteiger partial charge in [-0.25, -0.2) is 0 Å². The van der Waals surface area contributed by atoms with E-state index in [1.54, 1.807) is 0 Å². The molecular formula is C3H8NO3PS. The molecule has 0 aromatic rings. The topological polar surface area (TPSA) is 57.6 Å². The molecule has 0 aliphatic heterocycles. The maximum atomic E-state index is 10.5. The molecule has 0 heterocycles. The standard InChI is InChI=1S/C3H8NO3PS/c1-3(5)4(2)8(6,7)9/h1-2H3,(H2,6,7,9). The van der Waals surface area contributed by atoms with Gasteiger partial charge in [0.1, 0.15) is 0 Å². The van der Waals surface area contributed by atoms with Gasteiger partial charge in [0.05, 0.1) is 0 Å². The van der Waals surface area contributed by atoms with Crippen molar-refractivity contribution in [3.63, 3.8) is 0 Å². The molecule has 54 valence electrons. The van der Waals surface area contributed by atoms with E-state index in [9.17, 15) is 9.36 Å². The molecule has 0 aliphatic carbocycles. The Morgan fingerprint density at radius 1 is 1.78 bits per heavy atom. The molecule has 0 rings (SSSR count). The minimum atomic E-state index is -3.63. The summed E-state index contributed by atoms with van der Waals surface area (Å²) in [5.74, 6) is -0.476. The minimum Gasteiger partial charge on any atom is -0.321 e. The van der Waals surface area contributed by atoms with Crippen molar-refractivity contribution in [2.45, 2.75) is 6.92 Å². The molecule has 6 heteroatoms. The van der Waals surface area contributed by atoms with Crippen LogP contribution in [0.3, 0.4) is 0 Å². The molecule has 1 unspecified atom stereocenters. The third-order valence-corrected chi connectivity index (χ3v) is 2.71. The van der Waals surface area contributed by atoms with Crippen LogP contribution in [0.1, 0.15) is 6.92 Å². The number of thiol groups is 1. The van der Waals surface area contributed by atoms with Crippen LogP contribution in [0.25, 0.3) is 0 Å². The van der Waals surface area contributed by atoms with Crippen molar-refractivity contribution in [2.75, 3.05) is 7.05 Å². The second kappa shape index (κ2) is 2.73. The lowest BCUT2D eigenvalue weighted by Gasteiger charge is -2.15. The lowest BCUT2D eigenvalue weighted by atomic mass is 10.7. The molecule has 0 saturated carbocycles. The van der Waals surface area contributed by atoms with Crippen LogP contribution in [0.15, 0.2) is 0 Å². The highest BCUT2D eigenvalue weighted by molar-refractivity contribution is 8.45. The summed E-state index contributed by atoms with van der Waals surface area (Å²) >= 11 is 3.31. The molecule has 1 amide bonds. The Kier molecular flexibility index (Phi) is 2.73. The summed E-state index contributed by atoms with van der Waals surface area (Å²) in [7, 11) is 1.22. The molecule has 0 radical (unpaired) electrons. The summed E-state index contributed by atoms with van der Waals surface area (Å²) in [6, 6.07) is 0. The fourth-order valence-corrected chi connectivity index (χ4v) is 0.928. The Bertz CT molecular complexity index is 164. The Morgan fingerprint density at radius 3 is 2.11 bits per heavy atom. The smallest absolute Gasteiger partial charge is 0.321 e. The second-order valence-electron chi connectivity index (χ2n) is 1.56. The molecule has 4 nitrogen and oxygen atoms in total. The van der Waals surface area contributed by atoms with Gasteiger partial charge < -0.3 is 4.89 Å². The molecule has 0 aromatic heterocycles. The maximum Gasteiger partial charge on any atom is 0.349 e. The molecule has 0 saturated heterocycles. The van der Waals surface area contributed by atoms with Crippen LogP contribution in [-0.4, -0.2) is 22.5 Å². The maximum absolute atomic E-state index is 10.5. The van der Waals surface area contributed by atoms with Gasteiger partial charge in [0.2, 0.25) is 5.91 Å². The van der Waals surface area contributed by atoms with E-state index in [-0.39, 0.29) is 0 Å². The van der Waals surface area contributed by atoms with Crippen LogP contribution in [0, 0.1) is 0 Å². The molecule has 0 fully saturated rings. The Labute approximate surface area is 58.5 Å². The molecule has 0 aliphatic rings. The lowest BCUT2D eigenvalue weighted by Crippen LogP contribution is -2.17. The highest BCUT2D eigenvalue weighted by Crippen LogP contribution is 2.48. The van der Waals surface area contributed by atoms with Crippen LogP contribution < -0.4 is 0 Å². The largest absolute Gasteiger partial charge is 0.349 e. The Balaban J connectivity index is 4.23. The number of hydrogen-bond donors (Lipinski definition) is 2. The van der Waals surface area contributed by atoms with Crippen molar-refractivity contribution >= 4 is 24.9 Å². The zero-order valence-corrected chi connectivity index (χ0v) is 6.89. The first-order valence-electron chi connectivity index (χ1n) is 2.16. The van der Waals surface area contributed by atoms with Crippen molar-refractivity contribution in [3.05, 3.63) is 0 Å². The predicted octanol–water partition coefficient (Wildman–Crippen LogP) is 0.495. The SMILES string of the molecule is CC(=O)N(C)P(=O)(O)S. The first kappa shape index (κ1) is 9.01. The van der Waals surface area contributed by atoms with Crippen molar-refractivity contribution in [2.24, 2.45) is 0 Å². The van der Waals surface area contributed by atoms with Crippen molar-refractivity contribution in [1.82, 2.24) is 4.67 Å². The number of nitrogens with zero attached hydrogens (tertiary/aromatic N) is 1. The number of carbonyl (C=O) groups excluding carboxylic acids is 1. The van der Waals surface area contributed by atoms with Crippen LogP contribution in [0.5, 0.6) is 0 Å². The Hall–Kier alpha value is 0.01000. The van der Waals surface area contributed by atoms with Gasteiger partial charge >= 0.3 is 6.72 Å². The van der Waals surface area contributed by atoms with Gasteiger partial charge in [-0.2, -0.15) is 0 Å². The number of rotatable bonds is 1. The quantitative estimate of drug-likeness (QED) is 0.443. The van der Waals surface area contributed by atoms with Crippen LogP contribution in [-0.2, 0) is 9.36 Å². The molecule has 0 spiro atoms. The van der Waals surface area contributed by atoms with Gasteiger partial charge in [-0.3, -0.25) is 14.0 Å². The summed E-state index contributed by atoms with van der Waals surface area (Å²) in [5, 5.41) is 0. The first-order valence-corrected chi connectivity index (χ1v) is 4.92. The van der Waals surface area contributed by atoms with E-state index >= 15 is 0 Å². The van der Waals surface area contributed by atoms with E-state index in [0.29, 0.717) is 4.67 Å². The van der Waals surface area contributed by atoms with Crippen molar-refractivity contribution in [1.29, 1.82) is 0 Å². The van der Waals surface area contributed by atoms with Crippen LogP contribution in [0.4, 0.5) is 0 Å². The van der Waals surface area contributed by atoms with Crippen molar-refractivity contribution < 1.29 is 14.3 Å². The lowest BCUT2D eigenvalue weighted by molar-refractivity contribution is -0.123. The molecular weight excluding hydrogens is 161 g/mol. The van der Waals surface area contributed by atoms with Gasteiger partial charge in [0, 0.05) is 14.0 Å². The number of hydrogen-bond acceptors (Lipinski definition) is 2. The minimum absolute atomic E-state index is 0.476. The Morgan fingerprint density at radius 2 is 2.11 bits per heavy atom. The van der Waals surface area contributed by atoms with Gasteiger partial charge in [-0.1, -0.05) is 12.2 Å². The van der Waals surface area contributed by atoms with Gasteiger partial charge in [-0.15, -0.1) is 0 Å². The van der Waals surface area contributed by atoms with Gasteiger partial charge in [-0.05, 0) is 0 Å². The first-order chi connectivity index (χ1) is 3.85. The molecule has 9 heavy (non-hydrogen) atoms. The van der Waals surface area contributed by atoms with Gasteiger partial charge in [0.15, 0.2) is 0 Å². The summed E-state index contributed by atoms with van der Waals surface area (Å²) in [6.07, 6.45) is 0. The molecule has 0 bridgehead atoms. The molecule has 1 atom stereocenters. The molecule has 0 aromatic carbocycles. The number of amides is 1. The zero-order valence-electron chi connectivity index (χ0n) is 5.11. The molecule has 1 N–H and O–H groups in total. The van der Waals surface area contributed by atoms with E-state index in [4.69, 9.17) is 4.89 Å². The van der Waals surface area contributed by atoms with E-state index in [1.165, 1.54) is 14.0 Å². The summed E-state index contributed by atoms with van der Waals surface area (Å²) < 4.78 is 11.2. The highest BCUT2D eigenvalue weighted by Gasteiger charge is 2.20. The van der Waals surface area contributed by atoms with E-state index < -0.39 is 12.6 Å². The average Bonchev–Trinajstić information content (AvgIpc) is 1.62. The average molecular weight is 169 g/mol. The normalized spacial score (nSPS) is 16.4. The highest BCUT2D eigenvalue weighted by atomic mass is 32.7.